The molecule has 1 fully saturated rings. The Balaban J connectivity index is 1.94. The van der Waals surface area contributed by atoms with Crippen LogP contribution in [-0.4, -0.2) is 17.6 Å². The summed E-state index contributed by atoms with van der Waals surface area (Å²) in [6.07, 6.45) is 5.63. The lowest BCUT2D eigenvalue weighted by molar-refractivity contribution is 0.516. The van der Waals surface area contributed by atoms with Crippen LogP contribution in [0.4, 0.5) is 5.13 Å². The van der Waals surface area contributed by atoms with E-state index in [4.69, 9.17) is 5.73 Å². The van der Waals surface area contributed by atoms with Crippen LogP contribution in [0, 0.1) is 5.92 Å². The summed E-state index contributed by atoms with van der Waals surface area (Å²) in [6.45, 7) is 0.795. The van der Waals surface area contributed by atoms with E-state index in [2.05, 4.69) is 10.3 Å². The molecule has 2 unspecified atom stereocenters. The molecule has 3 N–H and O–H groups in total. The number of nitrogens with zero attached hydrogens (tertiary/aromatic N) is 1. The van der Waals surface area contributed by atoms with E-state index in [1.54, 1.807) is 11.3 Å². The standard InChI is InChI=1S/C9H15N3S/c10-6-7-2-1-3-8(7)12-9-11-4-5-13-9/h4-5,7-8H,1-3,6,10H2,(H,11,12). The molecule has 1 aliphatic carbocycles. The molecular formula is C9H15N3S. The molecule has 0 spiro atoms. The monoisotopic (exact) mass is 197 g/mol. The molecule has 1 heterocycles. The summed E-state index contributed by atoms with van der Waals surface area (Å²) >= 11 is 1.66. The van der Waals surface area contributed by atoms with Crippen molar-refractivity contribution in [2.24, 2.45) is 11.7 Å². The van der Waals surface area contributed by atoms with Crippen LogP contribution in [0.15, 0.2) is 11.6 Å². The van der Waals surface area contributed by atoms with Crippen molar-refractivity contribution in [1.82, 2.24) is 4.98 Å². The van der Waals surface area contributed by atoms with Crippen LogP contribution in [0.5, 0.6) is 0 Å². The number of aromatic nitrogens is 1. The van der Waals surface area contributed by atoms with Gasteiger partial charge < -0.3 is 11.1 Å². The van der Waals surface area contributed by atoms with Gasteiger partial charge in [0.05, 0.1) is 0 Å². The van der Waals surface area contributed by atoms with E-state index < -0.39 is 0 Å². The zero-order valence-electron chi connectivity index (χ0n) is 7.57. The molecule has 2 rings (SSSR count). The third kappa shape index (κ3) is 2.00. The first-order valence-corrected chi connectivity index (χ1v) is 5.64. The summed E-state index contributed by atoms with van der Waals surface area (Å²) < 4.78 is 0. The highest BCUT2D eigenvalue weighted by Gasteiger charge is 2.26. The molecule has 0 radical (unpaired) electrons. The molecule has 1 saturated carbocycles. The first-order chi connectivity index (χ1) is 6.40. The average molecular weight is 197 g/mol. The number of rotatable bonds is 3. The summed E-state index contributed by atoms with van der Waals surface area (Å²) in [5.74, 6) is 0.642. The number of hydrogen-bond acceptors (Lipinski definition) is 4. The topological polar surface area (TPSA) is 50.9 Å². The van der Waals surface area contributed by atoms with Crippen LogP contribution in [0.25, 0.3) is 0 Å². The Morgan fingerprint density at radius 1 is 1.62 bits per heavy atom. The van der Waals surface area contributed by atoms with Gasteiger partial charge in [0.2, 0.25) is 0 Å². The molecule has 0 bridgehead atoms. The molecular weight excluding hydrogens is 182 g/mol. The number of hydrogen-bond donors (Lipinski definition) is 2. The maximum absolute atomic E-state index is 5.70. The van der Waals surface area contributed by atoms with E-state index in [-0.39, 0.29) is 0 Å². The first-order valence-electron chi connectivity index (χ1n) is 4.76. The van der Waals surface area contributed by atoms with Crippen LogP contribution >= 0.6 is 11.3 Å². The molecule has 1 aromatic heterocycles. The van der Waals surface area contributed by atoms with Crippen molar-refractivity contribution < 1.29 is 0 Å². The average Bonchev–Trinajstić information content (AvgIpc) is 2.76. The van der Waals surface area contributed by atoms with E-state index in [0.29, 0.717) is 12.0 Å². The van der Waals surface area contributed by atoms with Crippen molar-refractivity contribution in [1.29, 1.82) is 0 Å². The number of thiazole rings is 1. The maximum Gasteiger partial charge on any atom is 0.182 e. The summed E-state index contributed by atoms with van der Waals surface area (Å²) in [4.78, 5) is 4.22. The Bertz CT molecular complexity index is 247. The fraction of sp³-hybridized carbons (Fsp3) is 0.667. The lowest BCUT2D eigenvalue weighted by atomic mass is 10.0. The molecule has 0 aliphatic heterocycles. The predicted octanol–water partition coefficient (Wildman–Crippen LogP) is 1.68. The highest BCUT2D eigenvalue weighted by atomic mass is 32.1. The first kappa shape index (κ1) is 8.97. The molecule has 0 saturated heterocycles. The van der Waals surface area contributed by atoms with Gasteiger partial charge in [-0.2, -0.15) is 0 Å². The van der Waals surface area contributed by atoms with Crippen molar-refractivity contribution in [2.45, 2.75) is 25.3 Å². The Labute approximate surface area is 82.4 Å². The fourth-order valence-corrected chi connectivity index (χ4v) is 2.55. The second-order valence-electron chi connectivity index (χ2n) is 3.51. The molecule has 3 nitrogen and oxygen atoms in total. The van der Waals surface area contributed by atoms with Gasteiger partial charge in [-0.3, -0.25) is 0 Å². The van der Waals surface area contributed by atoms with Gasteiger partial charge in [0.25, 0.3) is 0 Å². The Hall–Kier alpha value is -0.610. The van der Waals surface area contributed by atoms with Gasteiger partial charge in [0.1, 0.15) is 0 Å². The summed E-state index contributed by atoms with van der Waals surface area (Å²) in [6, 6.07) is 0.552. The largest absolute Gasteiger partial charge is 0.358 e. The van der Waals surface area contributed by atoms with Crippen LogP contribution < -0.4 is 11.1 Å². The molecule has 0 aromatic carbocycles. The van der Waals surface area contributed by atoms with Gasteiger partial charge >= 0.3 is 0 Å². The molecule has 1 aromatic rings. The summed E-state index contributed by atoms with van der Waals surface area (Å²) in [5, 5.41) is 6.48. The smallest absolute Gasteiger partial charge is 0.182 e. The molecule has 4 heteroatoms. The zero-order chi connectivity index (χ0) is 9.10. The Morgan fingerprint density at radius 2 is 2.54 bits per heavy atom. The van der Waals surface area contributed by atoms with Crippen LogP contribution in [-0.2, 0) is 0 Å². The van der Waals surface area contributed by atoms with Gasteiger partial charge in [0.15, 0.2) is 5.13 Å². The lowest BCUT2D eigenvalue weighted by Crippen LogP contribution is -2.29. The van der Waals surface area contributed by atoms with Gasteiger partial charge in [-0.1, -0.05) is 6.42 Å². The molecule has 0 amide bonds. The number of nitrogens with two attached hydrogens (primary N) is 1. The van der Waals surface area contributed by atoms with E-state index >= 15 is 0 Å². The van der Waals surface area contributed by atoms with Gasteiger partial charge in [-0.25, -0.2) is 4.98 Å². The Kier molecular flexibility index (Phi) is 2.80. The zero-order valence-corrected chi connectivity index (χ0v) is 8.39. The fourth-order valence-electron chi connectivity index (χ4n) is 1.96. The van der Waals surface area contributed by atoms with Gasteiger partial charge in [-0.05, 0) is 25.3 Å². The quantitative estimate of drug-likeness (QED) is 0.775. The summed E-state index contributed by atoms with van der Waals surface area (Å²) in [5.41, 5.74) is 5.70. The lowest BCUT2D eigenvalue weighted by Gasteiger charge is -2.18. The minimum absolute atomic E-state index is 0.552. The third-order valence-electron chi connectivity index (χ3n) is 2.70. The highest BCUT2D eigenvalue weighted by Crippen LogP contribution is 2.28. The maximum atomic E-state index is 5.70. The molecule has 1 aliphatic rings. The second kappa shape index (κ2) is 4.07. The normalized spacial score (nSPS) is 27.8. The third-order valence-corrected chi connectivity index (χ3v) is 3.41. The van der Waals surface area contributed by atoms with E-state index in [1.165, 1.54) is 19.3 Å². The van der Waals surface area contributed by atoms with Crippen LogP contribution in [0.1, 0.15) is 19.3 Å². The van der Waals surface area contributed by atoms with Crippen molar-refractivity contribution in [3.8, 4) is 0 Å². The van der Waals surface area contributed by atoms with Gasteiger partial charge in [-0.15, -0.1) is 11.3 Å². The minimum Gasteiger partial charge on any atom is -0.358 e. The molecule has 2 atom stereocenters. The van der Waals surface area contributed by atoms with Crippen molar-refractivity contribution in [2.75, 3.05) is 11.9 Å². The predicted molar refractivity (Wildman–Crippen MR) is 55.9 cm³/mol. The number of anilines is 1. The number of nitrogens with one attached hydrogen (secondary N) is 1. The van der Waals surface area contributed by atoms with Crippen molar-refractivity contribution in [3.63, 3.8) is 0 Å². The summed E-state index contributed by atoms with van der Waals surface area (Å²) in [7, 11) is 0. The second-order valence-corrected chi connectivity index (χ2v) is 4.41. The van der Waals surface area contributed by atoms with Crippen molar-refractivity contribution in [3.05, 3.63) is 11.6 Å². The van der Waals surface area contributed by atoms with E-state index in [9.17, 15) is 0 Å². The van der Waals surface area contributed by atoms with Crippen LogP contribution in [0.3, 0.4) is 0 Å². The minimum atomic E-state index is 0.552. The highest BCUT2D eigenvalue weighted by molar-refractivity contribution is 7.13. The van der Waals surface area contributed by atoms with E-state index in [1.807, 2.05) is 11.6 Å². The van der Waals surface area contributed by atoms with E-state index in [0.717, 1.165) is 11.7 Å². The van der Waals surface area contributed by atoms with Gasteiger partial charge in [0, 0.05) is 17.6 Å². The molecule has 72 valence electrons. The molecule has 13 heavy (non-hydrogen) atoms. The Morgan fingerprint density at radius 3 is 3.23 bits per heavy atom. The SMILES string of the molecule is NCC1CCCC1Nc1nccs1. The van der Waals surface area contributed by atoms with Crippen LogP contribution in [0.2, 0.25) is 0 Å². The van der Waals surface area contributed by atoms with Crippen molar-refractivity contribution >= 4 is 16.5 Å².